The van der Waals surface area contributed by atoms with Crippen molar-refractivity contribution in [3.8, 4) is 0 Å². The first-order chi connectivity index (χ1) is 13.8. The monoisotopic (exact) mass is 369 g/mol. The van der Waals surface area contributed by atoms with E-state index in [0.717, 1.165) is 12.8 Å². The molecule has 140 valence electrons. The highest BCUT2D eigenvalue weighted by atomic mass is 16.2. The van der Waals surface area contributed by atoms with Gasteiger partial charge in [-0.25, -0.2) is 0 Å². The van der Waals surface area contributed by atoms with E-state index in [1.54, 1.807) is 48.5 Å². The Bertz CT molecular complexity index is 867. The van der Waals surface area contributed by atoms with Crippen molar-refractivity contribution in [3.05, 3.63) is 120 Å². The Morgan fingerprint density at radius 1 is 0.643 bits per heavy atom. The average Bonchev–Trinajstić information content (AvgIpc) is 2.77. The molecule has 3 heteroatoms. The van der Waals surface area contributed by atoms with Crippen LogP contribution in [0.3, 0.4) is 0 Å². The number of rotatable bonds is 7. The molecule has 0 aliphatic heterocycles. The van der Waals surface area contributed by atoms with E-state index >= 15 is 0 Å². The normalized spacial score (nSPS) is 10.7. The molecule has 0 N–H and O–H groups in total. The highest BCUT2D eigenvalue weighted by molar-refractivity contribution is 6.10. The number of carbonyl (C=O) groups is 2. The van der Waals surface area contributed by atoms with Gasteiger partial charge in [-0.05, 0) is 42.7 Å². The third kappa shape index (κ3) is 5.27. The predicted molar refractivity (Wildman–Crippen MR) is 112 cm³/mol. The number of nitrogens with zero attached hydrogens (tertiary/aromatic N) is 1. The summed E-state index contributed by atoms with van der Waals surface area (Å²) in [7, 11) is 0. The minimum atomic E-state index is -0.290. The van der Waals surface area contributed by atoms with Crippen LogP contribution in [0.5, 0.6) is 0 Å². The molecule has 3 aromatic rings. The number of benzene rings is 3. The van der Waals surface area contributed by atoms with Gasteiger partial charge in [0.1, 0.15) is 0 Å². The maximum Gasteiger partial charge on any atom is 0.261 e. The molecular formula is C25H23NO2. The zero-order chi connectivity index (χ0) is 19.6. The fourth-order valence-electron chi connectivity index (χ4n) is 2.92. The van der Waals surface area contributed by atoms with Crippen LogP contribution in [0.4, 0.5) is 0 Å². The second-order valence-electron chi connectivity index (χ2n) is 6.45. The van der Waals surface area contributed by atoms with Gasteiger partial charge < -0.3 is 0 Å². The summed E-state index contributed by atoms with van der Waals surface area (Å²) in [4.78, 5) is 27.1. The lowest BCUT2D eigenvalue weighted by molar-refractivity contribution is 0.0634. The van der Waals surface area contributed by atoms with Crippen LogP contribution in [-0.4, -0.2) is 23.3 Å². The third-order valence-corrected chi connectivity index (χ3v) is 4.43. The van der Waals surface area contributed by atoms with Gasteiger partial charge in [0.15, 0.2) is 0 Å². The first kappa shape index (κ1) is 19.3. The smallest absolute Gasteiger partial charge is 0.261 e. The summed E-state index contributed by atoms with van der Waals surface area (Å²) in [5, 5.41) is 0. The molecule has 3 rings (SSSR count). The fourth-order valence-corrected chi connectivity index (χ4v) is 2.92. The highest BCUT2D eigenvalue weighted by Crippen LogP contribution is 2.11. The molecule has 0 saturated heterocycles. The largest absolute Gasteiger partial charge is 0.271 e. The Labute approximate surface area is 165 Å². The van der Waals surface area contributed by atoms with E-state index in [2.05, 4.69) is 12.1 Å². The quantitative estimate of drug-likeness (QED) is 0.426. The van der Waals surface area contributed by atoms with E-state index in [-0.39, 0.29) is 18.4 Å². The minimum absolute atomic E-state index is 0.246. The fraction of sp³-hybridized carbons (Fsp3) is 0.120. The summed E-state index contributed by atoms with van der Waals surface area (Å²) in [6.45, 7) is 0.246. The number of allylic oxidation sites excluding steroid dienone is 1. The van der Waals surface area contributed by atoms with Crippen molar-refractivity contribution in [2.75, 3.05) is 6.54 Å². The van der Waals surface area contributed by atoms with Gasteiger partial charge in [0.2, 0.25) is 0 Å². The lowest BCUT2D eigenvalue weighted by atomic mass is 10.1. The Hall–Kier alpha value is -3.46. The molecule has 0 unspecified atom stereocenters. The number of amides is 2. The van der Waals surface area contributed by atoms with Gasteiger partial charge in [-0.3, -0.25) is 14.5 Å². The summed E-state index contributed by atoms with van der Waals surface area (Å²) < 4.78 is 0. The number of carbonyl (C=O) groups excluding carboxylic acids is 2. The van der Waals surface area contributed by atoms with Crippen LogP contribution in [0.2, 0.25) is 0 Å². The van der Waals surface area contributed by atoms with Gasteiger partial charge in [-0.15, -0.1) is 0 Å². The van der Waals surface area contributed by atoms with E-state index in [4.69, 9.17) is 0 Å². The van der Waals surface area contributed by atoms with Crippen LogP contribution >= 0.6 is 0 Å². The molecule has 0 fully saturated rings. The summed E-state index contributed by atoms with van der Waals surface area (Å²) >= 11 is 0. The van der Waals surface area contributed by atoms with Crippen molar-refractivity contribution in [3.63, 3.8) is 0 Å². The van der Waals surface area contributed by atoms with Crippen LogP contribution in [0.15, 0.2) is 103 Å². The molecule has 3 nitrogen and oxygen atoms in total. The number of hydrogen-bond donors (Lipinski definition) is 0. The van der Waals surface area contributed by atoms with Gasteiger partial charge in [0.25, 0.3) is 11.8 Å². The lowest BCUT2D eigenvalue weighted by Crippen LogP contribution is -2.37. The summed E-state index contributed by atoms with van der Waals surface area (Å²) in [6.07, 6.45) is 5.70. The van der Waals surface area contributed by atoms with Gasteiger partial charge in [-0.1, -0.05) is 78.9 Å². The van der Waals surface area contributed by atoms with Crippen LogP contribution in [-0.2, 0) is 6.42 Å². The Morgan fingerprint density at radius 2 is 1.11 bits per heavy atom. The lowest BCUT2D eigenvalue weighted by Gasteiger charge is -2.19. The molecule has 0 radical (unpaired) electrons. The summed E-state index contributed by atoms with van der Waals surface area (Å²) in [5.74, 6) is -0.579. The zero-order valence-electron chi connectivity index (χ0n) is 15.7. The van der Waals surface area contributed by atoms with Crippen molar-refractivity contribution in [1.82, 2.24) is 4.90 Å². The first-order valence-electron chi connectivity index (χ1n) is 9.41. The molecule has 0 spiro atoms. The Morgan fingerprint density at radius 3 is 1.61 bits per heavy atom. The number of imide groups is 1. The third-order valence-electron chi connectivity index (χ3n) is 4.43. The van der Waals surface area contributed by atoms with Crippen LogP contribution in [0.25, 0.3) is 0 Å². The van der Waals surface area contributed by atoms with E-state index < -0.39 is 0 Å². The summed E-state index contributed by atoms with van der Waals surface area (Å²) in [5.41, 5.74) is 2.28. The molecule has 0 aromatic heterocycles. The highest BCUT2D eigenvalue weighted by Gasteiger charge is 2.22. The van der Waals surface area contributed by atoms with E-state index in [1.807, 2.05) is 42.5 Å². The molecule has 0 bridgehead atoms. The van der Waals surface area contributed by atoms with Crippen molar-refractivity contribution in [2.24, 2.45) is 0 Å². The van der Waals surface area contributed by atoms with Gasteiger partial charge >= 0.3 is 0 Å². The van der Waals surface area contributed by atoms with Crippen LogP contribution < -0.4 is 0 Å². The molecular weight excluding hydrogens is 346 g/mol. The van der Waals surface area contributed by atoms with E-state index in [9.17, 15) is 9.59 Å². The van der Waals surface area contributed by atoms with Crippen molar-refractivity contribution in [2.45, 2.75) is 12.8 Å². The number of aryl methyl sites for hydroxylation is 1. The Balaban J connectivity index is 1.70. The molecule has 0 aliphatic carbocycles. The predicted octanol–water partition coefficient (Wildman–Crippen LogP) is 5.16. The van der Waals surface area contributed by atoms with Crippen LogP contribution in [0, 0.1) is 0 Å². The average molecular weight is 369 g/mol. The maximum absolute atomic E-state index is 12.9. The van der Waals surface area contributed by atoms with E-state index in [0.29, 0.717) is 11.1 Å². The molecule has 3 aromatic carbocycles. The Kier molecular flexibility index (Phi) is 6.91. The molecule has 0 atom stereocenters. The van der Waals surface area contributed by atoms with Crippen LogP contribution in [0.1, 0.15) is 32.7 Å². The maximum atomic E-state index is 12.9. The molecule has 2 amide bonds. The first-order valence-corrected chi connectivity index (χ1v) is 9.41. The van der Waals surface area contributed by atoms with Gasteiger partial charge in [0.05, 0.1) is 0 Å². The standard InChI is InChI=1S/C25H23NO2/c27-24(22-16-8-2-9-17-22)26(25(28)23-18-10-3-11-19-23)20-12-4-7-15-21-13-5-1-6-14-21/h1-6,8-14,16-19H,7,15,20H2/b12-4+. The molecule has 0 heterocycles. The SMILES string of the molecule is O=C(c1ccccc1)N(C/C=C/CCc1ccccc1)C(=O)c1ccccc1. The topological polar surface area (TPSA) is 37.4 Å². The van der Waals surface area contributed by atoms with Crippen molar-refractivity contribution in [1.29, 1.82) is 0 Å². The zero-order valence-corrected chi connectivity index (χ0v) is 15.7. The van der Waals surface area contributed by atoms with E-state index in [1.165, 1.54) is 10.5 Å². The van der Waals surface area contributed by atoms with Gasteiger partial charge in [0, 0.05) is 17.7 Å². The van der Waals surface area contributed by atoms with Crippen molar-refractivity contribution >= 4 is 11.8 Å². The molecule has 0 aliphatic rings. The second-order valence-corrected chi connectivity index (χ2v) is 6.45. The minimum Gasteiger partial charge on any atom is -0.271 e. The molecule has 0 saturated carbocycles. The summed E-state index contributed by atoms with van der Waals surface area (Å²) in [6, 6.07) is 28.1. The molecule has 28 heavy (non-hydrogen) atoms. The van der Waals surface area contributed by atoms with Gasteiger partial charge in [-0.2, -0.15) is 0 Å². The second kappa shape index (κ2) is 10.0. The number of hydrogen-bond acceptors (Lipinski definition) is 2. The van der Waals surface area contributed by atoms with Crippen molar-refractivity contribution < 1.29 is 9.59 Å².